The van der Waals surface area contributed by atoms with Crippen LogP contribution in [-0.2, 0) is 6.54 Å². The summed E-state index contributed by atoms with van der Waals surface area (Å²) in [6, 6.07) is 7.92. The Labute approximate surface area is 106 Å². The van der Waals surface area contributed by atoms with Crippen LogP contribution in [0.25, 0.3) is 0 Å². The summed E-state index contributed by atoms with van der Waals surface area (Å²) in [5.74, 6) is -0.990. The van der Waals surface area contributed by atoms with E-state index < -0.39 is 5.82 Å². The third kappa shape index (κ3) is 3.17. The van der Waals surface area contributed by atoms with E-state index >= 15 is 0 Å². The van der Waals surface area contributed by atoms with E-state index in [-0.39, 0.29) is 5.75 Å². The number of phenols is 1. The number of phenolic OH excluding ortho intramolecular Hbond substituents is 1. The number of halogens is 2. The van der Waals surface area contributed by atoms with Crippen molar-refractivity contribution in [1.29, 1.82) is 0 Å². The molecule has 0 atom stereocenters. The fraction of sp³-hybridized carbons (Fsp3) is 0.0833. The van der Waals surface area contributed by atoms with Crippen LogP contribution >= 0.6 is 15.9 Å². The van der Waals surface area contributed by atoms with Crippen LogP contribution in [0.1, 0.15) is 5.69 Å². The molecule has 3 nitrogen and oxygen atoms in total. The Bertz CT molecular complexity index is 516. The molecule has 0 aliphatic heterocycles. The first kappa shape index (κ1) is 11.9. The van der Waals surface area contributed by atoms with Crippen molar-refractivity contribution in [3.05, 3.63) is 52.5 Å². The smallest absolute Gasteiger partial charge is 0.166 e. The number of benzene rings is 1. The standard InChI is InChI=1S/C12H10BrFN2O/c13-8-1-2-10(15-6-8)7-16-9-3-4-12(17)11(14)5-9/h1-6,16-17H,7H2. The van der Waals surface area contributed by atoms with E-state index in [4.69, 9.17) is 5.11 Å². The van der Waals surface area contributed by atoms with Gasteiger partial charge in [0, 0.05) is 22.4 Å². The normalized spacial score (nSPS) is 10.2. The van der Waals surface area contributed by atoms with Gasteiger partial charge in [0.1, 0.15) is 0 Å². The highest BCUT2D eigenvalue weighted by atomic mass is 79.9. The maximum absolute atomic E-state index is 13.0. The van der Waals surface area contributed by atoms with Gasteiger partial charge in [-0.2, -0.15) is 0 Å². The zero-order valence-corrected chi connectivity index (χ0v) is 10.4. The van der Waals surface area contributed by atoms with E-state index in [0.29, 0.717) is 12.2 Å². The first-order chi connectivity index (χ1) is 8.15. The number of anilines is 1. The first-order valence-corrected chi connectivity index (χ1v) is 5.77. The maximum atomic E-state index is 13.0. The van der Waals surface area contributed by atoms with Crippen LogP contribution in [0.15, 0.2) is 41.0 Å². The van der Waals surface area contributed by atoms with Gasteiger partial charge in [0.05, 0.1) is 12.2 Å². The Kier molecular flexibility index (Phi) is 3.58. The Morgan fingerprint density at radius 3 is 2.76 bits per heavy atom. The van der Waals surface area contributed by atoms with Crippen LogP contribution in [-0.4, -0.2) is 10.1 Å². The van der Waals surface area contributed by atoms with Gasteiger partial charge < -0.3 is 10.4 Å². The van der Waals surface area contributed by atoms with Crippen LogP contribution in [0, 0.1) is 5.82 Å². The van der Waals surface area contributed by atoms with Gasteiger partial charge in [-0.05, 0) is 40.2 Å². The van der Waals surface area contributed by atoms with Crippen LogP contribution in [0.3, 0.4) is 0 Å². The predicted molar refractivity (Wildman–Crippen MR) is 67.3 cm³/mol. The van der Waals surface area contributed by atoms with Crippen LogP contribution < -0.4 is 5.32 Å². The van der Waals surface area contributed by atoms with Gasteiger partial charge in [-0.15, -0.1) is 0 Å². The molecular weight excluding hydrogens is 287 g/mol. The zero-order valence-electron chi connectivity index (χ0n) is 8.82. The van der Waals surface area contributed by atoms with Gasteiger partial charge in [-0.25, -0.2) is 4.39 Å². The molecule has 0 radical (unpaired) electrons. The largest absolute Gasteiger partial charge is 0.505 e. The summed E-state index contributed by atoms with van der Waals surface area (Å²) in [5, 5.41) is 12.1. The summed E-state index contributed by atoms with van der Waals surface area (Å²) in [5.41, 5.74) is 1.45. The molecule has 2 N–H and O–H groups in total. The molecule has 0 fully saturated rings. The lowest BCUT2D eigenvalue weighted by Crippen LogP contribution is -2.01. The van der Waals surface area contributed by atoms with Gasteiger partial charge in [-0.1, -0.05) is 0 Å². The lowest BCUT2D eigenvalue weighted by atomic mass is 10.2. The number of aromatic hydroxyl groups is 1. The number of rotatable bonds is 3. The molecule has 0 aliphatic carbocycles. The minimum Gasteiger partial charge on any atom is -0.505 e. The lowest BCUT2D eigenvalue weighted by Gasteiger charge is -2.06. The van der Waals surface area contributed by atoms with Crippen molar-refractivity contribution in [2.45, 2.75) is 6.54 Å². The molecule has 0 amide bonds. The highest BCUT2D eigenvalue weighted by Crippen LogP contribution is 2.19. The zero-order chi connectivity index (χ0) is 12.3. The summed E-state index contributed by atoms with van der Waals surface area (Å²) in [6.07, 6.45) is 1.70. The molecule has 1 aromatic carbocycles. The molecule has 0 saturated carbocycles. The highest BCUT2D eigenvalue weighted by molar-refractivity contribution is 9.10. The lowest BCUT2D eigenvalue weighted by molar-refractivity contribution is 0.432. The Morgan fingerprint density at radius 2 is 2.12 bits per heavy atom. The first-order valence-electron chi connectivity index (χ1n) is 4.98. The molecule has 2 aromatic rings. The molecule has 0 spiro atoms. The monoisotopic (exact) mass is 296 g/mol. The number of pyridine rings is 1. The summed E-state index contributed by atoms with van der Waals surface area (Å²) < 4.78 is 14.0. The molecule has 0 bridgehead atoms. The SMILES string of the molecule is Oc1ccc(NCc2ccc(Br)cn2)cc1F. The van der Waals surface area contributed by atoms with Crippen molar-refractivity contribution < 1.29 is 9.50 Å². The van der Waals surface area contributed by atoms with Crippen LogP contribution in [0.2, 0.25) is 0 Å². The Morgan fingerprint density at radius 1 is 1.29 bits per heavy atom. The van der Waals surface area contributed by atoms with Gasteiger partial charge in [0.15, 0.2) is 11.6 Å². The number of hydrogen-bond acceptors (Lipinski definition) is 3. The van der Waals surface area contributed by atoms with Crippen molar-refractivity contribution in [1.82, 2.24) is 4.98 Å². The van der Waals surface area contributed by atoms with E-state index in [1.54, 1.807) is 12.3 Å². The molecule has 1 heterocycles. The average Bonchev–Trinajstić information content (AvgIpc) is 2.33. The summed E-state index contributed by atoms with van der Waals surface area (Å²) >= 11 is 3.30. The van der Waals surface area contributed by atoms with Gasteiger partial charge in [-0.3, -0.25) is 4.98 Å². The number of hydrogen-bond donors (Lipinski definition) is 2. The van der Waals surface area contributed by atoms with E-state index in [2.05, 4.69) is 26.2 Å². The molecule has 17 heavy (non-hydrogen) atoms. The summed E-state index contributed by atoms with van der Waals surface area (Å²) in [7, 11) is 0. The summed E-state index contributed by atoms with van der Waals surface area (Å²) in [6.45, 7) is 0.498. The molecule has 0 aliphatic rings. The maximum Gasteiger partial charge on any atom is 0.166 e. The Balaban J connectivity index is 2.02. The molecule has 88 valence electrons. The second-order valence-corrected chi connectivity index (χ2v) is 4.40. The van der Waals surface area contributed by atoms with Gasteiger partial charge in [0.2, 0.25) is 0 Å². The van der Waals surface area contributed by atoms with Gasteiger partial charge in [0.25, 0.3) is 0 Å². The minimum absolute atomic E-state index is 0.350. The molecular formula is C12H10BrFN2O. The van der Waals surface area contributed by atoms with E-state index in [0.717, 1.165) is 10.2 Å². The molecule has 2 rings (SSSR count). The van der Waals surface area contributed by atoms with Crippen molar-refractivity contribution in [3.8, 4) is 5.75 Å². The Hall–Kier alpha value is -1.62. The van der Waals surface area contributed by atoms with E-state index in [1.165, 1.54) is 12.1 Å². The van der Waals surface area contributed by atoms with Crippen LogP contribution in [0.5, 0.6) is 5.75 Å². The molecule has 0 saturated heterocycles. The topological polar surface area (TPSA) is 45.1 Å². The second-order valence-electron chi connectivity index (χ2n) is 3.49. The number of nitrogens with zero attached hydrogens (tertiary/aromatic N) is 1. The van der Waals surface area contributed by atoms with Crippen molar-refractivity contribution in [2.24, 2.45) is 0 Å². The third-order valence-electron chi connectivity index (χ3n) is 2.21. The quantitative estimate of drug-likeness (QED) is 0.854. The summed E-state index contributed by atoms with van der Waals surface area (Å²) in [4.78, 5) is 4.18. The van der Waals surface area contributed by atoms with E-state index in [9.17, 15) is 4.39 Å². The molecule has 1 aromatic heterocycles. The molecule has 0 unspecified atom stereocenters. The predicted octanol–water partition coefficient (Wildman–Crippen LogP) is 3.30. The third-order valence-corrected chi connectivity index (χ3v) is 2.68. The fourth-order valence-corrected chi connectivity index (χ4v) is 1.56. The van der Waals surface area contributed by atoms with E-state index in [1.807, 2.05) is 12.1 Å². The highest BCUT2D eigenvalue weighted by Gasteiger charge is 2.01. The number of nitrogens with one attached hydrogen (secondary N) is 1. The molecule has 5 heteroatoms. The second kappa shape index (κ2) is 5.14. The van der Waals surface area contributed by atoms with Crippen molar-refractivity contribution in [2.75, 3.05) is 5.32 Å². The fourth-order valence-electron chi connectivity index (χ4n) is 1.32. The minimum atomic E-state index is -0.640. The number of aromatic nitrogens is 1. The van der Waals surface area contributed by atoms with Crippen LogP contribution in [0.4, 0.5) is 10.1 Å². The van der Waals surface area contributed by atoms with Crippen molar-refractivity contribution in [3.63, 3.8) is 0 Å². The average molecular weight is 297 g/mol. The van der Waals surface area contributed by atoms with Crippen molar-refractivity contribution >= 4 is 21.6 Å². The van der Waals surface area contributed by atoms with Gasteiger partial charge >= 0.3 is 0 Å².